The average Bonchev–Trinajstić information content (AvgIpc) is 3.38. The molecule has 0 saturated carbocycles. The van der Waals surface area contributed by atoms with E-state index in [1.54, 1.807) is 11.3 Å². The lowest BCUT2D eigenvalue weighted by molar-refractivity contribution is -0.135. The van der Waals surface area contributed by atoms with Crippen LogP contribution in [0, 0.1) is 0 Å². The van der Waals surface area contributed by atoms with Crippen LogP contribution >= 0.6 is 11.3 Å². The third kappa shape index (κ3) is 3.86. The van der Waals surface area contributed by atoms with Crippen LogP contribution in [0.5, 0.6) is 0 Å². The lowest BCUT2D eigenvalue weighted by Crippen LogP contribution is -2.42. The van der Waals surface area contributed by atoms with Gasteiger partial charge in [-0.3, -0.25) is 9.69 Å². The largest absolute Gasteiger partial charge is 0.378 e. The number of amides is 1. The molecule has 3 aliphatic rings. The molecule has 0 bridgehead atoms. The zero-order chi connectivity index (χ0) is 19.7. The van der Waals surface area contributed by atoms with Crippen molar-refractivity contribution in [3.8, 4) is 0 Å². The molecule has 5 rings (SSSR count). The fraction of sp³-hybridized carbons (Fsp3) is 0.565. The molecule has 2 aromatic rings. The Morgan fingerprint density at radius 2 is 1.97 bits per heavy atom. The summed E-state index contributed by atoms with van der Waals surface area (Å²) in [6.45, 7) is 6.01. The summed E-state index contributed by atoms with van der Waals surface area (Å²) in [5.74, 6) is 0.651. The first-order valence-corrected chi connectivity index (χ1v) is 11.7. The molecule has 0 radical (unpaired) electrons. The van der Waals surface area contributed by atoms with Gasteiger partial charge in [-0.15, -0.1) is 11.3 Å². The van der Waals surface area contributed by atoms with Crippen LogP contribution in [-0.4, -0.2) is 60.1 Å². The van der Waals surface area contributed by atoms with Gasteiger partial charge in [0.2, 0.25) is 5.91 Å². The topological polar surface area (TPSA) is 45.7 Å². The number of fused-ring (bicyclic) bond motifs is 2. The predicted molar refractivity (Wildman–Crippen MR) is 114 cm³/mol. The van der Waals surface area contributed by atoms with E-state index in [0.29, 0.717) is 31.5 Å². The van der Waals surface area contributed by atoms with Gasteiger partial charge in [0.15, 0.2) is 0 Å². The number of hydrogen-bond acceptors (Lipinski definition) is 5. The molecule has 2 saturated heterocycles. The number of morpholine rings is 1. The number of nitrogens with zero attached hydrogens (tertiary/aromatic N) is 3. The number of hydrogen-bond donors (Lipinski definition) is 0. The molecule has 0 N–H and O–H groups in total. The van der Waals surface area contributed by atoms with E-state index in [2.05, 4.69) is 39.5 Å². The van der Waals surface area contributed by atoms with Gasteiger partial charge in [-0.2, -0.15) is 0 Å². The number of thiazole rings is 1. The molecular formula is C23H29N3O2S. The molecule has 1 atom stereocenters. The van der Waals surface area contributed by atoms with Crippen molar-refractivity contribution in [2.24, 2.45) is 0 Å². The second kappa shape index (κ2) is 8.17. The number of piperidine rings is 1. The van der Waals surface area contributed by atoms with E-state index >= 15 is 0 Å². The summed E-state index contributed by atoms with van der Waals surface area (Å²) in [6.07, 6.45) is 6.01. The van der Waals surface area contributed by atoms with E-state index in [0.717, 1.165) is 39.1 Å². The fourth-order valence-electron chi connectivity index (χ4n) is 5.50. The highest BCUT2D eigenvalue weighted by Gasteiger charge is 2.45. The third-order valence-corrected chi connectivity index (χ3v) is 7.81. The molecule has 1 amide bonds. The molecule has 1 aliphatic carbocycles. The van der Waals surface area contributed by atoms with Crippen LogP contribution < -0.4 is 0 Å². The Morgan fingerprint density at radius 1 is 1.17 bits per heavy atom. The van der Waals surface area contributed by atoms with Gasteiger partial charge < -0.3 is 9.64 Å². The number of carbonyl (C=O) groups is 1. The first-order valence-electron chi connectivity index (χ1n) is 10.8. The third-order valence-electron chi connectivity index (χ3n) is 7.05. The lowest BCUT2D eigenvalue weighted by Gasteiger charge is -2.40. The maximum atomic E-state index is 12.9. The molecule has 1 unspecified atom stereocenters. The molecule has 1 aromatic carbocycles. The molecule has 1 aromatic heterocycles. The summed E-state index contributed by atoms with van der Waals surface area (Å²) in [6, 6.07) is 8.91. The average molecular weight is 412 g/mol. The van der Waals surface area contributed by atoms with Crippen LogP contribution in [0.4, 0.5) is 0 Å². The summed E-state index contributed by atoms with van der Waals surface area (Å²) in [4.78, 5) is 21.9. The van der Waals surface area contributed by atoms with Crippen LogP contribution in [0.3, 0.4) is 0 Å². The van der Waals surface area contributed by atoms with Crippen LogP contribution in [0.15, 0.2) is 35.8 Å². The Bertz CT molecular complexity index is 840. The highest BCUT2D eigenvalue weighted by Crippen LogP contribution is 2.52. The maximum Gasteiger partial charge on any atom is 0.223 e. The first kappa shape index (κ1) is 19.2. The van der Waals surface area contributed by atoms with Gasteiger partial charge in [0.25, 0.3) is 0 Å². The van der Waals surface area contributed by atoms with Gasteiger partial charge in [-0.1, -0.05) is 24.3 Å². The molecule has 29 heavy (non-hydrogen) atoms. The Labute approximate surface area is 176 Å². The minimum absolute atomic E-state index is 0.242. The molecule has 154 valence electrons. The number of carbonyl (C=O) groups excluding carboxylic acids is 1. The van der Waals surface area contributed by atoms with E-state index in [1.165, 1.54) is 29.0 Å². The van der Waals surface area contributed by atoms with Crippen molar-refractivity contribution in [1.82, 2.24) is 14.8 Å². The Kier molecular flexibility index (Phi) is 5.41. The van der Waals surface area contributed by atoms with Gasteiger partial charge in [0, 0.05) is 31.1 Å². The van der Waals surface area contributed by atoms with Gasteiger partial charge in [0.1, 0.15) is 5.01 Å². The highest BCUT2D eigenvalue weighted by molar-refractivity contribution is 7.09. The summed E-state index contributed by atoms with van der Waals surface area (Å²) in [5.41, 5.74) is 3.17. The molecule has 5 nitrogen and oxygen atoms in total. The van der Waals surface area contributed by atoms with Gasteiger partial charge in [-0.05, 0) is 54.8 Å². The van der Waals surface area contributed by atoms with E-state index in [9.17, 15) is 4.79 Å². The summed E-state index contributed by atoms with van der Waals surface area (Å²) in [5, 5.41) is 3.27. The van der Waals surface area contributed by atoms with E-state index in [4.69, 9.17) is 4.74 Å². The van der Waals surface area contributed by atoms with Crippen molar-refractivity contribution < 1.29 is 9.53 Å². The molecule has 3 heterocycles. The minimum Gasteiger partial charge on any atom is -0.378 e. The van der Waals surface area contributed by atoms with E-state index in [1.807, 2.05) is 11.1 Å². The van der Waals surface area contributed by atoms with Gasteiger partial charge in [-0.25, -0.2) is 4.98 Å². The molecular weight excluding hydrogens is 382 g/mol. The van der Waals surface area contributed by atoms with Crippen LogP contribution in [-0.2, 0) is 21.5 Å². The minimum atomic E-state index is 0.242. The van der Waals surface area contributed by atoms with Crippen molar-refractivity contribution in [3.63, 3.8) is 0 Å². The van der Waals surface area contributed by atoms with Crippen molar-refractivity contribution in [1.29, 1.82) is 0 Å². The number of ether oxygens (including phenoxy) is 1. The predicted octanol–water partition coefficient (Wildman–Crippen LogP) is 3.41. The Balaban J connectivity index is 1.28. The SMILES string of the molecule is O=C(CC1CC2(CCN(Cc3nccs3)CC2)c2ccccc21)N1CCOCC1. The molecule has 2 fully saturated rings. The van der Waals surface area contributed by atoms with Crippen LogP contribution in [0.1, 0.15) is 47.7 Å². The maximum absolute atomic E-state index is 12.9. The Hall–Kier alpha value is -1.76. The lowest BCUT2D eigenvalue weighted by atomic mass is 9.73. The second-order valence-corrected chi connectivity index (χ2v) is 9.65. The smallest absolute Gasteiger partial charge is 0.223 e. The van der Waals surface area contributed by atoms with Crippen LogP contribution in [0.25, 0.3) is 0 Å². The van der Waals surface area contributed by atoms with E-state index in [-0.39, 0.29) is 5.41 Å². The van der Waals surface area contributed by atoms with Gasteiger partial charge >= 0.3 is 0 Å². The summed E-state index contributed by atoms with van der Waals surface area (Å²) in [7, 11) is 0. The monoisotopic (exact) mass is 411 g/mol. The standard InChI is InChI=1S/C23H29N3O2S/c27-22(26-10-12-28-13-11-26)15-18-16-23(20-4-2-1-3-19(18)20)5-8-25(9-6-23)17-21-24-7-14-29-21/h1-4,7,14,18H,5-6,8-13,15-17H2. The van der Waals surface area contributed by atoms with Crippen molar-refractivity contribution >= 4 is 17.2 Å². The number of aromatic nitrogens is 1. The Morgan fingerprint density at radius 3 is 2.72 bits per heavy atom. The van der Waals surface area contributed by atoms with E-state index < -0.39 is 0 Å². The zero-order valence-corrected chi connectivity index (χ0v) is 17.7. The zero-order valence-electron chi connectivity index (χ0n) is 16.9. The number of benzene rings is 1. The fourth-order valence-corrected chi connectivity index (χ4v) is 6.15. The normalized spacial score (nSPS) is 24.0. The molecule has 2 aliphatic heterocycles. The van der Waals surface area contributed by atoms with Crippen molar-refractivity contribution in [3.05, 3.63) is 52.0 Å². The molecule has 1 spiro atoms. The quantitative estimate of drug-likeness (QED) is 0.774. The summed E-state index contributed by atoms with van der Waals surface area (Å²) >= 11 is 1.75. The van der Waals surface area contributed by atoms with Gasteiger partial charge in [0.05, 0.1) is 19.8 Å². The number of likely N-dealkylation sites (tertiary alicyclic amines) is 1. The van der Waals surface area contributed by atoms with Crippen LogP contribution in [0.2, 0.25) is 0 Å². The molecule has 6 heteroatoms. The second-order valence-electron chi connectivity index (χ2n) is 8.67. The van der Waals surface area contributed by atoms with Crippen molar-refractivity contribution in [2.45, 2.75) is 43.6 Å². The summed E-state index contributed by atoms with van der Waals surface area (Å²) < 4.78 is 5.41. The highest BCUT2D eigenvalue weighted by atomic mass is 32.1. The number of rotatable bonds is 4. The first-order chi connectivity index (χ1) is 14.2. The van der Waals surface area contributed by atoms with Crippen molar-refractivity contribution in [2.75, 3.05) is 39.4 Å².